The summed E-state index contributed by atoms with van der Waals surface area (Å²) in [5, 5.41) is 10.8. The second-order valence-corrected chi connectivity index (χ2v) is 2.56. The molecule has 0 saturated heterocycles. The van der Waals surface area contributed by atoms with Crippen LogP contribution in [0.5, 0.6) is 0 Å². The summed E-state index contributed by atoms with van der Waals surface area (Å²) in [6.07, 6.45) is 0. The van der Waals surface area contributed by atoms with Crippen LogP contribution in [-0.2, 0) is 4.79 Å². The molecule has 4 nitrogen and oxygen atoms in total. The molecule has 1 amide bonds. The molecule has 0 bridgehead atoms. The van der Waals surface area contributed by atoms with Crippen molar-refractivity contribution in [2.75, 3.05) is 12.0 Å². The first-order valence-corrected chi connectivity index (χ1v) is 3.82. The molecule has 0 spiro atoms. The van der Waals surface area contributed by atoms with E-state index < -0.39 is 18.6 Å². The number of carbonyl (C=O) groups excluding carboxylic acids is 1. The number of nitrogens with one attached hydrogen (secondary N) is 1. The first-order chi connectivity index (χ1) is 6.63. The summed E-state index contributed by atoms with van der Waals surface area (Å²) < 4.78 is 11.8. The third-order valence-corrected chi connectivity index (χ3v) is 1.54. The van der Waals surface area contributed by atoms with E-state index >= 15 is 0 Å². The average molecular weight is 197 g/mol. The monoisotopic (exact) mass is 197 g/mol. The Morgan fingerprint density at radius 2 is 1.86 bits per heavy atom. The van der Waals surface area contributed by atoms with E-state index in [1.165, 1.54) is 24.3 Å². The van der Waals surface area contributed by atoms with Crippen molar-refractivity contribution in [3.05, 3.63) is 29.8 Å². The van der Waals surface area contributed by atoms with E-state index in [0.717, 1.165) is 0 Å². The van der Waals surface area contributed by atoms with E-state index in [1.54, 1.807) is 0 Å². The molecule has 0 aromatic heterocycles. The van der Waals surface area contributed by atoms with Crippen molar-refractivity contribution in [2.24, 2.45) is 0 Å². The summed E-state index contributed by atoms with van der Waals surface area (Å²) in [6, 6.07) is 5.46. The Hall–Kier alpha value is -1.91. The number of alkyl halides is 1. The van der Waals surface area contributed by atoms with Gasteiger partial charge >= 0.3 is 5.97 Å². The number of hydrogen-bond acceptors (Lipinski definition) is 2. The first kappa shape index (κ1) is 10.2. The summed E-state index contributed by atoms with van der Waals surface area (Å²) in [5.41, 5.74) is 0.487. The van der Waals surface area contributed by atoms with Gasteiger partial charge in [-0.1, -0.05) is 0 Å². The molecule has 14 heavy (non-hydrogen) atoms. The van der Waals surface area contributed by atoms with Crippen molar-refractivity contribution >= 4 is 17.6 Å². The predicted octanol–water partition coefficient (Wildman–Crippen LogP) is 1.29. The van der Waals surface area contributed by atoms with Crippen LogP contribution < -0.4 is 5.32 Å². The number of anilines is 1. The minimum atomic E-state index is -1.10. The fourth-order valence-electron chi connectivity index (χ4n) is 0.891. The predicted molar refractivity (Wildman–Crippen MR) is 48.0 cm³/mol. The summed E-state index contributed by atoms with van der Waals surface area (Å²) >= 11 is 0. The van der Waals surface area contributed by atoms with Crippen molar-refractivity contribution in [1.29, 1.82) is 0 Å². The largest absolute Gasteiger partial charge is 0.478 e. The van der Waals surface area contributed by atoms with Gasteiger partial charge in [-0.2, -0.15) is 0 Å². The van der Waals surface area contributed by atoms with Gasteiger partial charge in [0.15, 0.2) is 6.67 Å². The normalized spacial score (nSPS) is 9.50. The second-order valence-electron chi connectivity index (χ2n) is 2.56. The van der Waals surface area contributed by atoms with Crippen LogP contribution in [-0.4, -0.2) is 23.7 Å². The molecule has 1 aromatic carbocycles. The molecule has 0 fully saturated rings. The standard InChI is InChI=1S/C9H8FNO3/c10-5-8(12)11-7-3-1-6(2-4-7)9(13)14/h1-4H,5H2,(H,11,12)(H,13,14). The van der Waals surface area contributed by atoms with Crippen LogP contribution in [0.15, 0.2) is 24.3 Å². The minimum Gasteiger partial charge on any atom is -0.478 e. The molecular formula is C9H8FNO3. The lowest BCUT2D eigenvalue weighted by atomic mass is 10.2. The van der Waals surface area contributed by atoms with Gasteiger partial charge in [-0.25, -0.2) is 9.18 Å². The number of aromatic carboxylic acids is 1. The van der Waals surface area contributed by atoms with E-state index in [-0.39, 0.29) is 5.56 Å². The van der Waals surface area contributed by atoms with Gasteiger partial charge in [-0.05, 0) is 24.3 Å². The molecule has 1 rings (SSSR count). The van der Waals surface area contributed by atoms with E-state index in [4.69, 9.17) is 5.11 Å². The number of amides is 1. The van der Waals surface area contributed by atoms with Gasteiger partial charge in [-0.15, -0.1) is 0 Å². The van der Waals surface area contributed by atoms with Crippen LogP contribution in [0, 0.1) is 0 Å². The molecule has 0 radical (unpaired) electrons. The maximum absolute atomic E-state index is 11.8. The van der Waals surface area contributed by atoms with Gasteiger partial charge in [0.05, 0.1) is 5.56 Å². The van der Waals surface area contributed by atoms with E-state index in [0.29, 0.717) is 5.69 Å². The Morgan fingerprint density at radius 1 is 1.29 bits per heavy atom. The fraction of sp³-hybridized carbons (Fsp3) is 0.111. The Morgan fingerprint density at radius 3 is 2.29 bits per heavy atom. The maximum Gasteiger partial charge on any atom is 0.335 e. The molecular weight excluding hydrogens is 189 g/mol. The van der Waals surface area contributed by atoms with Crippen molar-refractivity contribution in [3.8, 4) is 0 Å². The number of benzene rings is 1. The molecule has 0 unspecified atom stereocenters. The summed E-state index contributed by atoms with van der Waals surface area (Å²) in [7, 11) is 0. The second kappa shape index (κ2) is 4.36. The highest BCUT2D eigenvalue weighted by Gasteiger charge is 2.03. The highest BCUT2D eigenvalue weighted by molar-refractivity contribution is 5.93. The molecule has 0 aliphatic heterocycles. The van der Waals surface area contributed by atoms with Gasteiger partial charge in [0, 0.05) is 5.69 Å². The van der Waals surface area contributed by atoms with Crippen LogP contribution in [0.4, 0.5) is 10.1 Å². The first-order valence-electron chi connectivity index (χ1n) is 3.82. The van der Waals surface area contributed by atoms with Crippen molar-refractivity contribution in [3.63, 3.8) is 0 Å². The smallest absolute Gasteiger partial charge is 0.335 e. The van der Waals surface area contributed by atoms with E-state index in [9.17, 15) is 14.0 Å². The molecule has 0 aliphatic rings. The SMILES string of the molecule is O=C(CF)Nc1ccc(C(=O)O)cc1. The minimum absolute atomic E-state index is 0.114. The zero-order valence-corrected chi connectivity index (χ0v) is 7.16. The number of carboxylic acid groups (broad SMARTS) is 1. The highest BCUT2D eigenvalue weighted by Crippen LogP contribution is 2.09. The molecule has 0 heterocycles. The molecule has 2 N–H and O–H groups in total. The summed E-state index contributed by atoms with van der Waals surface area (Å²) in [6.45, 7) is -1.10. The van der Waals surface area contributed by atoms with Crippen LogP contribution >= 0.6 is 0 Å². The van der Waals surface area contributed by atoms with Crippen LogP contribution in [0.1, 0.15) is 10.4 Å². The topological polar surface area (TPSA) is 66.4 Å². The van der Waals surface area contributed by atoms with Gasteiger partial charge in [0.2, 0.25) is 0 Å². The van der Waals surface area contributed by atoms with Crippen molar-refractivity contribution in [1.82, 2.24) is 0 Å². The molecule has 5 heteroatoms. The van der Waals surface area contributed by atoms with Gasteiger partial charge in [0.25, 0.3) is 5.91 Å². The lowest BCUT2D eigenvalue weighted by Crippen LogP contribution is -2.13. The third-order valence-electron chi connectivity index (χ3n) is 1.54. The highest BCUT2D eigenvalue weighted by atomic mass is 19.1. The quantitative estimate of drug-likeness (QED) is 0.767. The summed E-state index contributed by atoms with van der Waals surface area (Å²) in [5.74, 6) is -1.80. The van der Waals surface area contributed by atoms with Crippen molar-refractivity contribution < 1.29 is 19.1 Å². The maximum atomic E-state index is 11.8. The lowest BCUT2D eigenvalue weighted by Gasteiger charge is -2.02. The number of carbonyl (C=O) groups is 2. The average Bonchev–Trinajstić information content (AvgIpc) is 2.18. The lowest BCUT2D eigenvalue weighted by molar-refractivity contribution is -0.117. The zero-order valence-electron chi connectivity index (χ0n) is 7.16. The van der Waals surface area contributed by atoms with Gasteiger partial charge in [0.1, 0.15) is 0 Å². The Bertz CT molecular complexity index is 348. The molecule has 0 aliphatic carbocycles. The molecule has 1 aromatic rings. The number of rotatable bonds is 3. The zero-order chi connectivity index (χ0) is 10.6. The van der Waals surface area contributed by atoms with Gasteiger partial charge < -0.3 is 10.4 Å². The number of hydrogen-bond donors (Lipinski definition) is 2. The Kier molecular flexibility index (Phi) is 3.17. The summed E-state index contributed by atoms with van der Waals surface area (Å²) in [4.78, 5) is 21.0. The Balaban J connectivity index is 2.73. The Labute approximate surface area is 79.4 Å². The molecule has 0 atom stereocenters. The van der Waals surface area contributed by atoms with E-state index in [2.05, 4.69) is 5.32 Å². The van der Waals surface area contributed by atoms with Crippen LogP contribution in [0.3, 0.4) is 0 Å². The molecule has 0 saturated carbocycles. The van der Waals surface area contributed by atoms with Crippen molar-refractivity contribution in [2.45, 2.75) is 0 Å². The number of halogens is 1. The van der Waals surface area contributed by atoms with Crippen LogP contribution in [0.25, 0.3) is 0 Å². The third kappa shape index (κ3) is 2.55. The number of carboxylic acids is 1. The van der Waals surface area contributed by atoms with Gasteiger partial charge in [-0.3, -0.25) is 4.79 Å². The fourth-order valence-corrected chi connectivity index (χ4v) is 0.891. The van der Waals surface area contributed by atoms with E-state index in [1.807, 2.05) is 0 Å². The molecule has 74 valence electrons. The van der Waals surface area contributed by atoms with Crippen LogP contribution in [0.2, 0.25) is 0 Å².